The van der Waals surface area contributed by atoms with Crippen LogP contribution in [0.2, 0.25) is 0 Å². The van der Waals surface area contributed by atoms with E-state index in [0.717, 1.165) is 4.90 Å². The van der Waals surface area contributed by atoms with Gasteiger partial charge in [0.2, 0.25) is 5.91 Å². The van der Waals surface area contributed by atoms with E-state index < -0.39 is 47.8 Å². The maximum Gasteiger partial charge on any atom is 0.332 e. The largest absolute Gasteiger partial charge is 0.333 e. The van der Waals surface area contributed by atoms with Gasteiger partial charge in [-0.25, -0.2) is 14.0 Å². The van der Waals surface area contributed by atoms with Crippen molar-refractivity contribution in [3.05, 3.63) is 30.1 Å². The molecule has 1 fully saturated rings. The molecule has 1 aromatic rings. The molecule has 1 aromatic carbocycles. The smallest absolute Gasteiger partial charge is 0.332 e. The van der Waals surface area contributed by atoms with Crippen LogP contribution in [0, 0.1) is 5.82 Å². The Morgan fingerprint density at radius 3 is 2.27 bits per heavy atom. The molecule has 140 valence electrons. The van der Waals surface area contributed by atoms with Gasteiger partial charge in [0.1, 0.15) is 18.4 Å². The Hall–Kier alpha value is -2.97. The van der Waals surface area contributed by atoms with Crippen LogP contribution in [0.15, 0.2) is 24.3 Å². The van der Waals surface area contributed by atoms with Gasteiger partial charge in [-0.3, -0.25) is 24.7 Å². The van der Waals surface area contributed by atoms with Crippen LogP contribution in [0.1, 0.15) is 27.7 Å². The van der Waals surface area contributed by atoms with Crippen LogP contribution in [0.3, 0.4) is 0 Å². The summed E-state index contributed by atoms with van der Waals surface area (Å²) < 4.78 is 13.1. The fourth-order valence-electron chi connectivity index (χ4n) is 2.49. The first-order valence-corrected chi connectivity index (χ1v) is 8.02. The number of urea groups is 2. The third-order valence-corrected chi connectivity index (χ3v) is 3.60. The van der Waals surface area contributed by atoms with Crippen LogP contribution >= 0.6 is 0 Å². The number of nitrogens with zero attached hydrogens (tertiary/aromatic N) is 2. The standard InChI is InChI=1S/C17H21FN4O4/c1-10-14(24)21(9-13(23)19-15(25)20-17(2,3)4)16(26)22(10)12-7-5-11(18)6-8-12/h5-8,10H,9H2,1-4H3,(H2,19,20,23,25)/t10-/m1/s1. The van der Waals surface area contributed by atoms with E-state index in [-0.39, 0.29) is 0 Å². The summed E-state index contributed by atoms with van der Waals surface area (Å²) >= 11 is 0. The Labute approximate surface area is 150 Å². The number of hydrogen-bond donors (Lipinski definition) is 2. The highest BCUT2D eigenvalue weighted by molar-refractivity contribution is 6.15. The lowest BCUT2D eigenvalue weighted by molar-refractivity contribution is -0.131. The van der Waals surface area contributed by atoms with Gasteiger partial charge in [-0.15, -0.1) is 0 Å². The Morgan fingerprint density at radius 1 is 1.15 bits per heavy atom. The van der Waals surface area contributed by atoms with Crippen molar-refractivity contribution >= 4 is 29.6 Å². The third kappa shape index (κ3) is 4.35. The van der Waals surface area contributed by atoms with Gasteiger partial charge < -0.3 is 5.32 Å². The van der Waals surface area contributed by atoms with Crippen LogP contribution in [0.5, 0.6) is 0 Å². The van der Waals surface area contributed by atoms with Crippen molar-refractivity contribution < 1.29 is 23.6 Å². The minimum Gasteiger partial charge on any atom is -0.333 e. The first-order valence-electron chi connectivity index (χ1n) is 8.02. The van der Waals surface area contributed by atoms with E-state index in [1.165, 1.54) is 36.1 Å². The van der Waals surface area contributed by atoms with Gasteiger partial charge >= 0.3 is 12.1 Å². The number of anilines is 1. The highest BCUT2D eigenvalue weighted by Gasteiger charge is 2.44. The molecule has 0 radical (unpaired) electrons. The van der Waals surface area contributed by atoms with Crippen LogP contribution in [0.25, 0.3) is 0 Å². The Kier molecular flexibility index (Phi) is 5.29. The molecule has 1 heterocycles. The van der Waals surface area contributed by atoms with E-state index in [9.17, 15) is 23.6 Å². The van der Waals surface area contributed by atoms with E-state index in [1.54, 1.807) is 20.8 Å². The van der Waals surface area contributed by atoms with Crippen molar-refractivity contribution in [3.63, 3.8) is 0 Å². The molecular formula is C17H21FN4O4. The fraction of sp³-hybridized carbons (Fsp3) is 0.412. The monoisotopic (exact) mass is 364 g/mol. The van der Waals surface area contributed by atoms with Crippen molar-refractivity contribution in [2.75, 3.05) is 11.4 Å². The third-order valence-electron chi connectivity index (χ3n) is 3.60. The summed E-state index contributed by atoms with van der Waals surface area (Å²) in [5.41, 5.74) is -0.206. The van der Waals surface area contributed by atoms with E-state index >= 15 is 0 Å². The van der Waals surface area contributed by atoms with Crippen molar-refractivity contribution in [2.45, 2.75) is 39.3 Å². The second-order valence-electron chi connectivity index (χ2n) is 6.98. The van der Waals surface area contributed by atoms with E-state index in [4.69, 9.17) is 0 Å². The Balaban J connectivity index is 2.07. The second-order valence-corrected chi connectivity index (χ2v) is 6.98. The van der Waals surface area contributed by atoms with E-state index in [2.05, 4.69) is 10.6 Å². The summed E-state index contributed by atoms with van der Waals surface area (Å²) in [5.74, 6) is -1.84. The molecule has 2 rings (SSSR count). The first kappa shape index (κ1) is 19.4. The van der Waals surface area contributed by atoms with Crippen molar-refractivity contribution in [3.8, 4) is 0 Å². The molecule has 26 heavy (non-hydrogen) atoms. The van der Waals surface area contributed by atoms with Crippen molar-refractivity contribution in [2.24, 2.45) is 0 Å². The minimum absolute atomic E-state index is 0.339. The molecule has 6 amide bonds. The minimum atomic E-state index is -0.843. The Morgan fingerprint density at radius 2 is 1.73 bits per heavy atom. The van der Waals surface area contributed by atoms with Crippen LogP contribution in [-0.2, 0) is 9.59 Å². The zero-order valence-corrected chi connectivity index (χ0v) is 15.0. The molecule has 0 aliphatic carbocycles. The summed E-state index contributed by atoms with van der Waals surface area (Å²) in [6.45, 7) is 6.15. The number of hydrogen-bond acceptors (Lipinski definition) is 4. The number of carbonyl (C=O) groups excluding carboxylic acids is 4. The van der Waals surface area contributed by atoms with E-state index in [1.807, 2.05) is 0 Å². The SMILES string of the molecule is C[C@@H]1C(=O)N(CC(=O)NC(=O)NC(C)(C)C)C(=O)N1c1ccc(F)cc1. The van der Waals surface area contributed by atoms with Gasteiger partial charge in [0, 0.05) is 11.2 Å². The summed E-state index contributed by atoms with van der Waals surface area (Å²) in [7, 11) is 0. The predicted molar refractivity (Wildman–Crippen MR) is 91.9 cm³/mol. The average Bonchev–Trinajstić information content (AvgIpc) is 2.70. The molecular weight excluding hydrogens is 343 g/mol. The number of rotatable bonds is 3. The summed E-state index contributed by atoms with van der Waals surface area (Å²) in [4.78, 5) is 50.5. The molecule has 0 spiro atoms. The maximum atomic E-state index is 13.1. The quantitative estimate of drug-likeness (QED) is 0.796. The molecule has 0 bridgehead atoms. The first-order chi connectivity index (χ1) is 12.0. The van der Waals surface area contributed by atoms with Gasteiger partial charge in [0.05, 0.1) is 0 Å². The molecule has 1 saturated heterocycles. The van der Waals surface area contributed by atoms with Gasteiger partial charge in [-0.2, -0.15) is 0 Å². The summed E-state index contributed by atoms with van der Waals surface area (Å²) in [6.07, 6.45) is 0. The normalized spacial score (nSPS) is 17.5. The van der Waals surface area contributed by atoms with E-state index in [0.29, 0.717) is 5.69 Å². The maximum absolute atomic E-state index is 13.1. The van der Waals surface area contributed by atoms with Crippen LogP contribution < -0.4 is 15.5 Å². The molecule has 1 aliphatic heterocycles. The molecule has 0 aromatic heterocycles. The topological polar surface area (TPSA) is 98.8 Å². The zero-order valence-electron chi connectivity index (χ0n) is 15.0. The summed E-state index contributed by atoms with van der Waals surface area (Å²) in [5, 5.41) is 4.62. The highest BCUT2D eigenvalue weighted by Crippen LogP contribution is 2.25. The number of halogens is 1. The second kappa shape index (κ2) is 7.11. The number of benzene rings is 1. The number of carbonyl (C=O) groups is 4. The lowest BCUT2D eigenvalue weighted by atomic mass is 10.1. The fourth-order valence-corrected chi connectivity index (χ4v) is 2.49. The molecule has 0 saturated carbocycles. The molecule has 2 N–H and O–H groups in total. The average molecular weight is 364 g/mol. The van der Waals surface area contributed by atoms with Crippen molar-refractivity contribution in [1.29, 1.82) is 0 Å². The van der Waals surface area contributed by atoms with Crippen LogP contribution in [-0.4, -0.2) is 46.9 Å². The highest BCUT2D eigenvalue weighted by atomic mass is 19.1. The lowest BCUT2D eigenvalue weighted by Crippen LogP contribution is -2.51. The zero-order chi connectivity index (χ0) is 19.6. The molecule has 0 unspecified atom stereocenters. The van der Waals surface area contributed by atoms with Gasteiger partial charge in [-0.05, 0) is 52.0 Å². The van der Waals surface area contributed by atoms with Crippen LogP contribution in [0.4, 0.5) is 19.7 Å². The Bertz CT molecular complexity index is 742. The van der Waals surface area contributed by atoms with Gasteiger partial charge in [0.25, 0.3) is 5.91 Å². The number of imide groups is 2. The van der Waals surface area contributed by atoms with Crippen molar-refractivity contribution in [1.82, 2.24) is 15.5 Å². The predicted octanol–water partition coefficient (Wildman–Crippen LogP) is 1.61. The molecule has 8 nitrogen and oxygen atoms in total. The molecule has 1 aliphatic rings. The number of amides is 6. The van der Waals surface area contributed by atoms with Gasteiger partial charge in [0.15, 0.2) is 0 Å². The molecule has 9 heteroatoms. The molecule has 1 atom stereocenters. The summed E-state index contributed by atoms with van der Waals surface area (Å²) in [6, 6.07) is 2.82. The lowest BCUT2D eigenvalue weighted by Gasteiger charge is -2.21. The number of nitrogens with one attached hydrogen (secondary N) is 2. The van der Waals surface area contributed by atoms with Gasteiger partial charge in [-0.1, -0.05) is 0 Å².